The van der Waals surface area contributed by atoms with Gasteiger partial charge in [-0.25, -0.2) is 0 Å². The van der Waals surface area contributed by atoms with Crippen LogP contribution in [-0.2, 0) is 6.18 Å². The topological polar surface area (TPSA) is 9.23 Å². The summed E-state index contributed by atoms with van der Waals surface area (Å²) in [6.45, 7) is 0. The molecule has 0 aromatic heterocycles. The molecule has 0 atom stereocenters. The van der Waals surface area contributed by atoms with Crippen LogP contribution >= 0.6 is 7.92 Å². The van der Waals surface area contributed by atoms with Crippen molar-refractivity contribution in [2.45, 2.75) is 6.18 Å². The van der Waals surface area contributed by atoms with Crippen molar-refractivity contribution in [3.05, 3.63) is 84.4 Å². The molecular formula is C20H16F3OP. The van der Waals surface area contributed by atoms with E-state index in [0.717, 1.165) is 28.0 Å². The molecule has 0 aliphatic heterocycles. The van der Waals surface area contributed by atoms with Crippen molar-refractivity contribution in [3.8, 4) is 5.75 Å². The summed E-state index contributed by atoms with van der Waals surface area (Å²) in [6.07, 6.45) is -4.39. The Morgan fingerprint density at radius 2 is 1.28 bits per heavy atom. The van der Waals surface area contributed by atoms with Gasteiger partial charge in [-0.2, -0.15) is 13.2 Å². The normalized spacial score (nSPS) is 11.6. The van der Waals surface area contributed by atoms with Gasteiger partial charge in [0.1, 0.15) is 5.75 Å². The Morgan fingerprint density at radius 1 is 0.760 bits per heavy atom. The van der Waals surface area contributed by atoms with E-state index < -0.39 is 19.7 Å². The number of ether oxygens (including phenoxy) is 1. The van der Waals surface area contributed by atoms with Crippen LogP contribution < -0.4 is 20.7 Å². The molecule has 3 aromatic carbocycles. The van der Waals surface area contributed by atoms with Crippen LogP contribution in [0.3, 0.4) is 0 Å². The van der Waals surface area contributed by atoms with Crippen LogP contribution in [0, 0.1) is 0 Å². The lowest BCUT2D eigenvalue weighted by Crippen LogP contribution is -2.22. The highest BCUT2D eigenvalue weighted by Crippen LogP contribution is 2.39. The van der Waals surface area contributed by atoms with Gasteiger partial charge in [0.15, 0.2) is 0 Å². The van der Waals surface area contributed by atoms with Crippen LogP contribution in [0.2, 0.25) is 0 Å². The van der Waals surface area contributed by atoms with Gasteiger partial charge in [0, 0.05) is 5.30 Å². The first-order valence-electron chi connectivity index (χ1n) is 7.66. The Kier molecular flexibility index (Phi) is 5.10. The van der Waals surface area contributed by atoms with E-state index in [-0.39, 0.29) is 5.75 Å². The summed E-state index contributed by atoms with van der Waals surface area (Å²) in [5.74, 6) is 0.258. The van der Waals surface area contributed by atoms with Crippen LogP contribution in [0.1, 0.15) is 5.56 Å². The highest BCUT2D eigenvalue weighted by Gasteiger charge is 2.32. The number of rotatable bonds is 4. The van der Waals surface area contributed by atoms with Crippen LogP contribution in [0.25, 0.3) is 0 Å². The van der Waals surface area contributed by atoms with Crippen LogP contribution in [0.15, 0.2) is 78.9 Å². The Bertz CT molecular complexity index is 793. The van der Waals surface area contributed by atoms with Gasteiger partial charge in [0.2, 0.25) is 0 Å². The van der Waals surface area contributed by atoms with Crippen molar-refractivity contribution in [2.75, 3.05) is 7.11 Å². The number of hydrogen-bond donors (Lipinski definition) is 0. The molecule has 5 heteroatoms. The molecule has 0 fully saturated rings. The molecule has 0 aliphatic carbocycles. The van der Waals surface area contributed by atoms with Crippen molar-refractivity contribution in [1.29, 1.82) is 0 Å². The number of alkyl halides is 3. The number of methoxy groups -OCH3 is 1. The minimum Gasteiger partial charge on any atom is -0.496 e. The maximum Gasteiger partial charge on any atom is 0.416 e. The van der Waals surface area contributed by atoms with E-state index in [1.165, 1.54) is 13.2 Å². The third-order valence-electron chi connectivity index (χ3n) is 3.78. The molecule has 0 N–H and O–H groups in total. The van der Waals surface area contributed by atoms with Crippen LogP contribution in [0.5, 0.6) is 5.75 Å². The highest BCUT2D eigenvalue weighted by atomic mass is 31.1. The van der Waals surface area contributed by atoms with Crippen molar-refractivity contribution in [1.82, 2.24) is 0 Å². The molecule has 0 amide bonds. The van der Waals surface area contributed by atoms with Crippen LogP contribution in [0.4, 0.5) is 13.2 Å². The molecule has 0 radical (unpaired) electrons. The summed E-state index contributed by atoms with van der Waals surface area (Å²) in [5.41, 5.74) is -0.704. The standard InChI is InChI=1S/C20H16F3OP/c1-24-18-14-15(20(21,22)23)12-13-19(18)25(16-8-4-2-5-9-16)17-10-6-3-7-11-17/h2-14H,1H3. The van der Waals surface area contributed by atoms with Crippen LogP contribution in [-0.4, -0.2) is 7.11 Å². The average Bonchev–Trinajstić information content (AvgIpc) is 2.63. The van der Waals surface area contributed by atoms with Crippen molar-refractivity contribution in [2.24, 2.45) is 0 Å². The second kappa shape index (κ2) is 7.28. The summed E-state index contributed by atoms with van der Waals surface area (Å²) in [4.78, 5) is 0. The van der Waals surface area contributed by atoms with Gasteiger partial charge < -0.3 is 4.74 Å². The van der Waals surface area contributed by atoms with Gasteiger partial charge in [-0.15, -0.1) is 0 Å². The molecule has 1 nitrogen and oxygen atoms in total. The summed E-state index contributed by atoms with van der Waals surface area (Å²) in [6, 6.07) is 23.3. The molecule has 0 aliphatic rings. The second-order valence-corrected chi connectivity index (χ2v) is 7.58. The van der Waals surface area contributed by atoms with Gasteiger partial charge in [-0.1, -0.05) is 60.7 Å². The van der Waals surface area contributed by atoms with E-state index in [0.29, 0.717) is 0 Å². The van der Waals surface area contributed by atoms with E-state index >= 15 is 0 Å². The fourth-order valence-electron chi connectivity index (χ4n) is 2.62. The van der Waals surface area contributed by atoms with Gasteiger partial charge in [0.05, 0.1) is 12.7 Å². The Morgan fingerprint density at radius 3 is 1.72 bits per heavy atom. The Hall–Kier alpha value is -2.32. The van der Waals surface area contributed by atoms with E-state index in [1.54, 1.807) is 0 Å². The molecule has 0 spiro atoms. The SMILES string of the molecule is COc1cc(C(F)(F)F)ccc1P(c1ccccc1)c1ccccc1. The fraction of sp³-hybridized carbons (Fsp3) is 0.100. The first kappa shape index (κ1) is 17.5. The lowest BCUT2D eigenvalue weighted by atomic mass is 10.2. The predicted octanol–water partition coefficient (Wildman–Crippen LogP) is 4.47. The monoisotopic (exact) mass is 360 g/mol. The zero-order chi connectivity index (χ0) is 17.9. The minimum atomic E-state index is -4.39. The molecule has 0 unspecified atom stereocenters. The maximum absolute atomic E-state index is 13.0. The van der Waals surface area contributed by atoms with Gasteiger partial charge >= 0.3 is 6.18 Å². The quantitative estimate of drug-likeness (QED) is 0.624. The van der Waals surface area contributed by atoms with Gasteiger partial charge in [-0.05, 0) is 36.7 Å². The number of halogens is 3. The molecule has 3 rings (SSSR count). The van der Waals surface area contributed by atoms with Gasteiger partial charge in [-0.3, -0.25) is 0 Å². The molecule has 0 bridgehead atoms. The zero-order valence-corrected chi connectivity index (χ0v) is 14.4. The predicted molar refractivity (Wildman–Crippen MR) is 96.7 cm³/mol. The van der Waals surface area contributed by atoms with E-state index in [9.17, 15) is 13.2 Å². The second-order valence-electron chi connectivity index (χ2n) is 5.39. The Labute approximate surface area is 145 Å². The number of benzene rings is 3. The fourth-order valence-corrected chi connectivity index (χ4v) is 5.01. The molecule has 3 aromatic rings. The van der Waals surface area contributed by atoms with Crippen molar-refractivity contribution < 1.29 is 17.9 Å². The summed E-state index contributed by atoms with van der Waals surface area (Å²) >= 11 is 0. The van der Waals surface area contributed by atoms with Crippen molar-refractivity contribution in [3.63, 3.8) is 0 Å². The first-order valence-corrected chi connectivity index (χ1v) is 9.00. The van der Waals surface area contributed by atoms with Gasteiger partial charge in [0.25, 0.3) is 0 Å². The summed E-state index contributed by atoms with van der Waals surface area (Å²) < 4.78 is 44.4. The minimum absolute atomic E-state index is 0.258. The van der Waals surface area contributed by atoms with E-state index in [2.05, 4.69) is 0 Å². The third-order valence-corrected chi connectivity index (χ3v) is 6.26. The Balaban J connectivity index is 2.17. The smallest absolute Gasteiger partial charge is 0.416 e. The molecule has 0 heterocycles. The largest absolute Gasteiger partial charge is 0.496 e. The summed E-state index contributed by atoms with van der Waals surface area (Å²) in [7, 11) is 0.392. The lowest BCUT2D eigenvalue weighted by molar-refractivity contribution is -0.137. The van der Waals surface area contributed by atoms with Crippen molar-refractivity contribution >= 4 is 23.8 Å². The molecular weight excluding hydrogens is 344 g/mol. The third kappa shape index (κ3) is 3.85. The number of hydrogen-bond acceptors (Lipinski definition) is 1. The molecule has 0 saturated carbocycles. The zero-order valence-electron chi connectivity index (χ0n) is 13.5. The highest BCUT2D eigenvalue weighted by molar-refractivity contribution is 7.80. The summed E-state index contributed by atoms with van der Waals surface area (Å²) in [5, 5.41) is 2.88. The first-order chi connectivity index (χ1) is 12.0. The average molecular weight is 360 g/mol. The van der Waals surface area contributed by atoms with E-state index in [4.69, 9.17) is 4.74 Å². The maximum atomic E-state index is 13.0. The molecule has 25 heavy (non-hydrogen) atoms. The molecule has 0 saturated heterocycles. The lowest BCUT2D eigenvalue weighted by Gasteiger charge is -2.22. The van der Waals surface area contributed by atoms with E-state index in [1.807, 2.05) is 60.7 Å². The molecule has 128 valence electrons.